The lowest BCUT2D eigenvalue weighted by molar-refractivity contribution is 0.340. The molecule has 1 saturated heterocycles. The predicted octanol–water partition coefficient (Wildman–Crippen LogP) is 2.62. The summed E-state index contributed by atoms with van der Waals surface area (Å²) in [5.74, 6) is 1.53. The Balaban J connectivity index is 1.44. The van der Waals surface area contributed by atoms with E-state index in [1.54, 1.807) is 6.20 Å². The smallest absolute Gasteiger partial charge is 0.147 e. The predicted molar refractivity (Wildman–Crippen MR) is 82.5 cm³/mol. The van der Waals surface area contributed by atoms with E-state index in [1.165, 1.54) is 0 Å². The number of nitrogens with zero attached hydrogens (tertiary/aromatic N) is 5. The van der Waals surface area contributed by atoms with Gasteiger partial charge >= 0.3 is 0 Å². The molecule has 0 N–H and O–H groups in total. The summed E-state index contributed by atoms with van der Waals surface area (Å²) in [7, 11) is 0. The quantitative estimate of drug-likeness (QED) is 0.746. The van der Waals surface area contributed by atoms with E-state index < -0.39 is 0 Å². The normalized spacial score (nSPS) is 15.4. The molecule has 0 atom stereocenters. The summed E-state index contributed by atoms with van der Waals surface area (Å²) in [6, 6.07) is 7.94. The zero-order chi connectivity index (χ0) is 14.2. The molecule has 0 bridgehead atoms. The topological polar surface area (TPSA) is 46.8 Å². The Morgan fingerprint density at radius 3 is 2.71 bits per heavy atom. The monoisotopic (exact) mass is 299 g/mol. The van der Waals surface area contributed by atoms with Crippen LogP contribution in [-0.4, -0.2) is 32.8 Å². The molecule has 1 aromatic carbocycles. The lowest BCUT2D eigenvalue weighted by Crippen LogP contribution is -2.49. The fourth-order valence-corrected chi connectivity index (χ4v) is 2.83. The summed E-state index contributed by atoms with van der Waals surface area (Å²) in [6.45, 7) is 2.85. The molecule has 21 heavy (non-hydrogen) atoms. The first-order valence-corrected chi connectivity index (χ1v) is 7.30. The molecule has 1 fully saturated rings. The van der Waals surface area contributed by atoms with Gasteiger partial charge in [-0.2, -0.15) is 5.10 Å². The second kappa shape index (κ2) is 5.00. The summed E-state index contributed by atoms with van der Waals surface area (Å²) in [5, 5.41) is 4.90. The third-order valence-electron chi connectivity index (χ3n) is 3.76. The number of benzene rings is 1. The number of fused-ring (bicyclic) bond motifs is 1. The van der Waals surface area contributed by atoms with Gasteiger partial charge in [0.05, 0.1) is 28.4 Å². The molecule has 4 rings (SSSR count). The summed E-state index contributed by atoms with van der Waals surface area (Å²) in [6.07, 6.45) is 5.39. The number of aromatic nitrogens is 4. The van der Waals surface area contributed by atoms with Gasteiger partial charge in [-0.1, -0.05) is 23.7 Å². The van der Waals surface area contributed by atoms with Crippen molar-refractivity contribution in [1.29, 1.82) is 0 Å². The van der Waals surface area contributed by atoms with Crippen molar-refractivity contribution in [3.05, 3.63) is 47.9 Å². The minimum Gasteiger partial charge on any atom is -0.354 e. The van der Waals surface area contributed by atoms with Gasteiger partial charge in [0.2, 0.25) is 0 Å². The van der Waals surface area contributed by atoms with Crippen LogP contribution >= 0.6 is 11.6 Å². The average Bonchev–Trinajstić information content (AvgIpc) is 2.87. The van der Waals surface area contributed by atoms with Crippen molar-refractivity contribution in [2.24, 2.45) is 5.92 Å². The van der Waals surface area contributed by atoms with Gasteiger partial charge in [-0.05, 0) is 12.1 Å². The zero-order valence-corrected chi connectivity index (χ0v) is 12.1. The van der Waals surface area contributed by atoms with E-state index in [2.05, 4.69) is 20.0 Å². The Hall–Kier alpha value is -2.14. The molecule has 1 aliphatic heterocycles. The van der Waals surface area contributed by atoms with Crippen molar-refractivity contribution < 1.29 is 0 Å². The van der Waals surface area contributed by atoms with Gasteiger partial charge in [-0.15, -0.1) is 0 Å². The number of hydrogen-bond donors (Lipinski definition) is 0. The van der Waals surface area contributed by atoms with E-state index in [-0.39, 0.29) is 0 Å². The number of rotatable bonds is 3. The number of para-hydroxylation sites is 2. The molecule has 3 heterocycles. The lowest BCUT2D eigenvalue weighted by atomic mass is 10.0. The first-order chi connectivity index (χ1) is 10.3. The van der Waals surface area contributed by atoms with Gasteiger partial charge in [-0.25, -0.2) is 4.98 Å². The fourth-order valence-electron chi connectivity index (χ4n) is 2.67. The van der Waals surface area contributed by atoms with Crippen LogP contribution in [0.5, 0.6) is 0 Å². The fraction of sp³-hybridized carbons (Fsp3) is 0.267. The van der Waals surface area contributed by atoms with E-state index >= 15 is 0 Å². The molecular weight excluding hydrogens is 286 g/mol. The van der Waals surface area contributed by atoms with Gasteiger partial charge in [0.25, 0.3) is 0 Å². The molecule has 0 saturated carbocycles. The maximum Gasteiger partial charge on any atom is 0.147 e. The van der Waals surface area contributed by atoms with Gasteiger partial charge in [0.1, 0.15) is 5.82 Å². The molecule has 0 radical (unpaired) electrons. The lowest BCUT2D eigenvalue weighted by Gasteiger charge is -2.39. The van der Waals surface area contributed by atoms with Gasteiger partial charge in [0.15, 0.2) is 0 Å². The molecule has 6 heteroatoms. The minimum atomic E-state index is 0.578. The molecule has 106 valence electrons. The van der Waals surface area contributed by atoms with Crippen LogP contribution in [0.3, 0.4) is 0 Å². The van der Waals surface area contributed by atoms with Crippen LogP contribution in [0.15, 0.2) is 42.9 Å². The minimum absolute atomic E-state index is 0.578. The summed E-state index contributed by atoms with van der Waals surface area (Å²) >= 11 is 5.87. The standard InChI is InChI=1S/C15H14ClN5/c16-12-5-18-21(10-12)9-11-7-20(8-11)15-6-17-13-3-1-2-4-14(13)19-15/h1-6,10-11H,7-9H2. The van der Waals surface area contributed by atoms with Crippen molar-refractivity contribution in [1.82, 2.24) is 19.7 Å². The first kappa shape index (κ1) is 12.6. The van der Waals surface area contributed by atoms with Crippen LogP contribution in [0.2, 0.25) is 5.02 Å². The Labute approximate surface area is 127 Å². The van der Waals surface area contributed by atoms with E-state index in [0.717, 1.165) is 36.5 Å². The first-order valence-electron chi connectivity index (χ1n) is 6.92. The maximum absolute atomic E-state index is 5.87. The van der Waals surface area contributed by atoms with Crippen molar-refractivity contribution >= 4 is 28.5 Å². The SMILES string of the molecule is Clc1cnn(CC2CN(c3cnc4ccccc4n3)C2)c1. The molecule has 3 aromatic rings. The molecule has 0 spiro atoms. The van der Waals surface area contributed by atoms with Gasteiger partial charge in [-0.3, -0.25) is 9.67 Å². The third-order valence-corrected chi connectivity index (χ3v) is 3.96. The molecule has 0 amide bonds. The summed E-state index contributed by atoms with van der Waals surface area (Å²) in [4.78, 5) is 11.4. The Morgan fingerprint density at radius 1 is 1.14 bits per heavy atom. The number of hydrogen-bond acceptors (Lipinski definition) is 4. The second-order valence-corrected chi connectivity index (χ2v) is 5.80. The van der Waals surface area contributed by atoms with Crippen LogP contribution in [0.1, 0.15) is 0 Å². The Morgan fingerprint density at radius 2 is 1.95 bits per heavy atom. The van der Waals surface area contributed by atoms with Crippen molar-refractivity contribution in [2.45, 2.75) is 6.54 Å². The third kappa shape index (κ3) is 2.45. The molecule has 0 aliphatic carbocycles. The Kier molecular flexibility index (Phi) is 3.00. The zero-order valence-electron chi connectivity index (χ0n) is 11.4. The van der Waals surface area contributed by atoms with Crippen LogP contribution < -0.4 is 4.90 Å². The van der Waals surface area contributed by atoms with Crippen LogP contribution in [-0.2, 0) is 6.54 Å². The summed E-state index contributed by atoms with van der Waals surface area (Å²) in [5.41, 5.74) is 1.88. The maximum atomic E-state index is 5.87. The van der Waals surface area contributed by atoms with E-state index in [0.29, 0.717) is 10.9 Å². The average molecular weight is 300 g/mol. The van der Waals surface area contributed by atoms with Crippen LogP contribution in [0.25, 0.3) is 11.0 Å². The van der Waals surface area contributed by atoms with Crippen LogP contribution in [0, 0.1) is 5.92 Å². The second-order valence-electron chi connectivity index (χ2n) is 5.37. The number of anilines is 1. The van der Waals surface area contributed by atoms with E-state index in [9.17, 15) is 0 Å². The Bertz CT molecular complexity index is 778. The highest BCUT2D eigenvalue weighted by Crippen LogP contribution is 2.25. The summed E-state index contributed by atoms with van der Waals surface area (Å²) < 4.78 is 1.90. The highest BCUT2D eigenvalue weighted by molar-refractivity contribution is 6.30. The highest BCUT2D eigenvalue weighted by Gasteiger charge is 2.28. The molecular formula is C15H14ClN5. The van der Waals surface area contributed by atoms with E-state index in [4.69, 9.17) is 11.6 Å². The van der Waals surface area contributed by atoms with Crippen molar-refractivity contribution in [2.75, 3.05) is 18.0 Å². The van der Waals surface area contributed by atoms with Gasteiger partial charge < -0.3 is 4.90 Å². The molecule has 1 aliphatic rings. The van der Waals surface area contributed by atoms with Crippen molar-refractivity contribution in [3.8, 4) is 0 Å². The van der Waals surface area contributed by atoms with Crippen LogP contribution in [0.4, 0.5) is 5.82 Å². The number of halogens is 1. The largest absolute Gasteiger partial charge is 0.354 e. The molecule has 0 unspecified atom stereocenters. The van der Waals surface area contributed by atoms with E-state index in [1.807, 2.05) is 41.3 Å². The molecule has 5 nitrogen and oxygen atoms in total. The molecule has 2 aromatic heterocycles. The van der Waals surface area contributed by atoms with Gasteiger partial charge in [0, 0.05) is 31.7 Å². The highest BCUT2D eigenvalue weighted by atomic mass is 35.5. The van der Waals surface area contributed by atoms with Crippen molar-refractivity contribution in [3.63, 3.8) is 0 Å².